The van der Waals surface area contributed by atoms with Gasteiger partial charge in [-0.05, 0) is 29.1 Å². The van der Waals surface area contributed by atoms with Crippen molar-refractivity contribution >= 4 is 28.8 Å². The molecule has 0 aliphatic carbocycles. The molecule has 0 spiro atoms. The minimum atomic E-state index is -0.498. The van der Waals surface area contributed by atoms with Crippen LogP contribution in [0.1, 0.15) is 11.5 Å². The van der Waals surface area contributed by atoms with Crippen LogP contribution in [0, 0.1) is 5.82 Å². The highest BCUT2D eigenvalue weighted by Crippen LogP contribution is 2.21. The molecular weight excluding hydrogens is 353 g/mol. The maximum absolute atomic E-state index is 13.8. The topological polar surface area (TPSA) is 59.2 Å². The van der Waals surface area contributed by atoms with Crippen LogP contribution in [0.2, 0.25) is 5.02 Å². The van der Waals surface area contributed by atoms with Crippen molar-refractivity contribution in [1.82, 2.24) is 15.0 Å². The van der Waals surface area contributed by atoms with Crippen LogP contribution >= 0.6 is 22.9 Å². The predicted molar refractivity (Wildman–Crippen MR) is 89.2 cm³/mol. The van der Waals surface area contributed by atoms with E-state index in [4.69, 9.17) is 16.1 Å². The summed E-state index contributed by atoms with van der Waals surface area (Å²) in [7, 11) is 1.60. The minimum absolute atomic E-state index is 0.0641. The first-order valence-corrected chi connectivity index (χ1v) is 8.33. The van der Waals surface area contributed by atoms with Gasteiger partial charge in [-0.3, -0.25) is 4.79 Å². The molecule has 0 saturated heterocycles. The molecule has 124 valence electrons. The van der Waals surface area contributed by atoms with Crippen LogP contribution in [-0.4, -0.2) is 28.0 Å². The number of thiophene rings is 1. The SMILES string of the molecule is CN(Cc1nc(-c2cccs2)no1)C(=O)Cc1ccc(Cl)cc1F. The average Bonchev–Trinajstić information content (AvgIpc) is 3.20. The quantitative estimate of drug-likeness (QED) is 0.690. The van der Waals surface area contributed by atoms with Gasteiger partial charge in [-0.1, -0.05) is 28.9 Å². The lowest BCUT2D eigenvalue weighted by Gasteiger charge is -2.15. The summed E-state index contributed by atoms with van der Waals surface area (Å²) in [6.07, 6.45) is -0.0641. The van der Waals surface area contributed by atoms with Gasteiger partial charge in [-0.15, -0.1) is 11.3 Å². The van der Waals surface area contributed by atoms with E-state index in [1.807, 2.05) is 17.5 Å². The number of carbonyl (C=O) groups excluding carboxylic acids is 1. The maximum atomic E-state index is 13.8. The third kappa shape index (κ3) is 3.80. The highest BCUT2D eigenvalue weighted by atomic mass is 35.5. The number of halogens is 2. The van der Waals surface area contributed by atoms with Crippen LogP contribution in [0.25, 0.3) is 10.7 Å². The Bertz CT molecular complexity index is 851. The Morgan fingerprint density at radius 3 is 2.96 bits per heavy atom. The van der Waals surface area contributed by atoms with Gasteiger partial charge in [0.2, 0.25) is 17.6 Å². The van der Waals surface area contributed by atoms with Crippen LogP contribution in [0.5, 0.6) is 0 Å². The summed E-state index contributed by atoms with van der Waals surface area (Å²) in [5.74, 6) is 0.0598. The molecule has 3 aromatic rings. The zero-order valence-electron chi connectivity index (χ0n) is 12.7. The monoisotopic (exact) mass is 365 g/mol. The fourth-order valence-electron chi connectivity index (χ4n) is 2.08. The summed E-state index contributed by atoms with van der Waals surface area (Å²) in [6, 6.07) is 8.03. The van der Waals surface area contributed by atoms with Crippen molar-refractivity contribution in [3.05, 3.63) is 58.0 Å². The molecule has 5 nitrogen and oxygen atoms in total. The first kappa shape index (κ1) is 16.6. The first-order valence-electron chi connectivity index (χ1n) is 7.07. The van der Waals surface area contributed by atoms with Crippen molar-refractivity contribution in [2.75, 3.05) is 7.05 Å². The summed E-state index contributed by atoms with van der Waals surface area (Å²) >= 11 is 7.21. The van der Waals surface area contributed by atoms with E-state index in [2.05, 4.69) is 10.1 Å². The van der Waals surface area contributed by atoms with E-state index in [1.165, 1.54) is 28.4 Å². The van der Waals surface area contributed by atoms with Gasteiger partial charge in [0.25, 0.3) is 0 Å². The highest BCUT2D eigenvalue weighted by Gasteiger charge is 2.17. The van der Waals surface area contributed by atoms with Gasteiger partial charge in [0.15, 0.2) is 0 Å². The van der Waals surface area contributed by atoms with Gasteiger partial charge in [-0.25, -0.2) is 4.39 Å². The third-order valence-corrected chi connectivity index (χ3v) is 4.47. The number of carbonyl (C=O) groups is 1. The smallest absolute Gasteiger partial charge is 0.246 e. The van der Waals surface area contributed by atoms with Crippen molar-refractivity contribution in [2.24, 2.45) is 0 Å². The average molecular weight is 366 g/mol. The molecule has 3 rings (SSSR count). The van der Waals surface area contributed by atoms with Gasteiger partial charge < -0.3 is 9.42 Å². The fourth-order valence-corrected chi connectivity index (χ4v) is 2.89. The number of benzene rings is 1. The number of amides is 1. The van der Waals surface area contributed by atoms with Gasteiger partial charge in [0.1, 0.15) is 5.82 Å². The van der Waals surface area contributed by atoms with Gasteiger partial charge >= 0.3 is 0 Å². The number of rotatable bonds is 5. The van der Waals surface area contributed by atoms with E-state index < -0.39 is 5.82 Å². The Morgan fingerprint density at radius 2 is 2.25 bits per heavy atom. The maximum Gasteiger partial charge on any atom is 0.246 e. The lowest BCUT2D eigenvalue weighted by Crippen LogP contribution is -2.28. The van der Waals surface area contributed by atoms with Gasteiger partial charge in [0, 0.05) is 12.1 Å². The molecule has 2 aromatic heterocycles. The van der Waals surface area contributed by atoms with E-state index in [1.54, 1.807) is 13.1 Å². The molecule has 1 amide bonds. The molecule has 0 bridgehead atoms. The van der Waals surface area contributed by atoms with Gasteiger partial charge in [0.05, 0.1) is 17.8 Å². The molecule has 24 heavy (non-hydrogen) atoms. The van der Waals surface area contributed by atoms with Gasteiger partial charge in [-0.2, -0.15) is 4.98 Å². The summed E-state index contributed by atoms with van der Waals surface area (Å²) < 4.78 is 18.9. The first-order chi connectivity index (χ1) is 11.5. The molecule has 0 aliphatic rings. The number of likely N-dealkylation sites (N-methyl/N-ethyl adjacent to an activating group) is 1. The predicted octanol–water partition coefficient (Wildman–Crippen LogP) is 3.79. The second kappa shape index (κ2) is 7.11. The van der Waals surface area contributed by atoms with Crippen molar-refractivity contribution in [2.45, 2.75) is 13.0 Å². The molecule has 0 fully saturated rings. The fraction of sp³-hybridized carbons (Fsp3) is 0.188. The second-order valence-electron chi connectivity index (χ2n) is 5.15. The molecular formula is C16H13ClFN3O2S. The van der Waals surface area contributed by atoms with E-state index >= 15 is 0 Å². The van der Waals surface area contributed by atoms with Crippen LogP contribution < -0.4 is 0 Å². The van der Waals surface area contributed by atoms with Crippen LogP contribution in [0.3, 0.4) is 0 Å². The molecule has 2 heterocycles. The molecule has 0 saturated carbocycles. The van der Waals surface area contributed by atoms with Crippen molar-refractivity contribution in [3.63, 3.8) is 0 Å². The molecule has 8 heteroatoms. The Hall–Kier alpha value is -2.25. The van der Waals surface area contributed by atoms with E-state index in [9.17, 15) is 9.18 Å². The zero-order chi connectivity index (χ0) is 17.1. The lowest BCUT2D eigenvalue weighted by atomic mass is 10.1. The van der Waals surface area contributed by atoms with Crippen LogP contribution in [0.4, 0.5) is 4.39 Å². The van der Waals surface area contributed by atoms with Crippen molar-refractivity contribution in [3.8, 4) is 10.7 Å². The second-order valence-corrected chi connectivity index (χ2v) is 6.54. The highest BCUT2D eigenvalue weighted by molar-refractivity contribution is 7.13. The summed E-state index contributed by atoms with van der Waals surface area (Å²) in [6.45, 7) is 0.159. The Morgan fingerprint density at radius 1 is 1.42 bits per heavy atom. The zero-order valence-corrected chi connectivity index (χ0v) is 14.3. The minimum Gasteiger partial charge on any atom is -0.337 e. The Labute approximate surface area is 146 Å². The number of hydrogen-bond donors (Lipinski definition) is 0. The van der Waals surface area contributed by atoms with Crippen LogP contribution in [0.15, 0.2) is 40.2 Å². The molecule has 0 unspecified atom stereocenters. The molecule has 1 aromatic carbocycles. The van der Waals surface area contributed by atoms with Crippen molar-refractivity contribution in [1.29, 1.82) is 0 Å². The molecule has 0 radical (unpaired) electrons. The number of hydrogen-bond acceptors (Lipinski definition) is 5. The standard InChI is InChI=1S/C16H13ClFN3O2S/c1-21(15(22)7-10-4-5-11(17)8-12(10)18)9-14-19-16(20-23-14)13-3-2-6-24-13/h2-6,8H,7,9H2,1H3. The van der Waals surface area contributed by atoms with Crippen LogP contribution in [-0.2, 0) is 17.8 Å². The molecule has 0 aliphatic heterocycles. The lowest BCUT2D eigenvalue weighted by molar-refractivity contribution is -0.130. The van der Waals surface area contributed by atoms with Crippen molar-refractivity contribution < 1.29 is 13.7 Å². The molecule has 0 N–H and O–H groups in total. The van der Waals surface area contributed by atoms with E-state index in [-0.39, 0.29) is 18.9 Å². The normalized spacial score (nSPS) is 10.8. The summed E-state index contributed by atoms with van der Waals surface area (Å²) in [5, 5.41) is 6.10. The largest absolute Gasteiger partial charge is 0.337 e. The van der Waals surface area contributed by atoms with E-state index in [0.717, 1.165) is 4.88 Å². The Kier molecular flexibility index (Phi) is 4.92. The van der Waals surface area contributed by atoms with E-state index in [0.29, 0.717) is 22.3 Å². The summed E-state index contributed by atoms with van der Waals surface area (Å²) in [5.41, 5.74) is 0.293. The number of nitrogens with zero attached hydrogens (tertiary/aromatic N) is 3. The molecule has 0 atom stereocenters. The summed E-state index contributed by atoms with van der Waals surface area (Å²) in [4.78, 5) is 18.8. The number of aromatic nitrogens is 2. The Balaban J connectivity index is 1.64. The third-order valence-electron chi connectivity index (χ3n) is 3.36.